The topological polar surface area (TPSA) is 29.3 Å². The van der Waals surface area contributed by atoms with Gasteiger partial charge in [-0.15, -0.1) is 0 Å². The van der Waals surface area contributed by atoms with Crippen LogP contribution in [-0.2, 0) is 13.1 Å². The lowest BCUT2D eigenvalue weighted by atomic mass is 9.68. The molecule has 0 amide bonds. The maximum absolute atomic E-state index is 13.3. The molecule has 0 atom stereocenters. The Kier molecular flexibility index (Phi) is 4.60. The van der Waals surface area contributed by atoms with Crippen LogP contribution in [0.4, 0.5) is 4.39 Å². The molecular weight excluding hydrogens is 263 g/mol. The van der Waals surface area contributed by atoms with Gasteiger partial charge in [0, 0.05) is 13.1 Å². The summed E-state index contributed by atoms with van der Waals surface area (Å²) in [5.74, 6) is -0.181. The standard InChI is InChI=1S/C18H27FN2/c19-17-5-4-15(16(12-17)13-20)14-21-10-8-18(9-11-21)6-2-1-3-7-18/h4-5,12H,1-3,6-11,13-14,20H2. The summed E-state index contributed by atoms with van der Waals surface area (Å²) in [6, 6.07) is 5.05. The largest absolute Gasteiger partial charge is 0.326 e. The van der Waals surface area contributed by atoms with E-state index in [1.807, 2.05) is 6.07 Å². The van der Waals surface area contributed by atoms with Crippen molar-refractivity contribution in [2.45, 2.75) is 58.0 Å². The Labute approximate surface area is 127 Å². The highest BCUT2D eigenvalue weighted by Gasteiger charge is 2.35. The molecule has 1 saturated carbocycles. The van der Waals surface area contributed by atoms with Crippen molar-refractivity contribution in [1.82, 2.24) is 4.90 Å². The van der Waals surface area contributed by atoms with Crippen LogP contribution in [0.3, 0.4) is 0 Å². The number of likely N-dealkylation sites (tertiary alicyclic amines) is 1. The zero-order valence-corrected chi connectivity index (χ0v) is 12.9. The Morgan fingerprint density at radius 3 is 2.38 bits per heavy atom. The van der Waals surface area contributed by atoms with Gasteiger partial charge in [-0.05, 0) is 67.4 Å². The van der Waals surface area contributed by atoms with E-state index in [9.17, 15) is 4.39 Å². The van der Waals surface area contributed by atoms with Crippen LogP contribution >= 0.6 is 0 Å². The number of halogens is 1. The van der Waals surface area contributed by atoms with Crippen LogP contribution < -0.4 is 5.73 Å². The number of nitrogens with zero attached hydrogens (tertiary/aromatic N) is 1. The highest BCUT2D eigenvalue weighted by Crippen LogP contribution is 2.44. The zero-order valence-electron chi connectivity index (χ0n) is 12.9. The quantitative estimate of drug-likeness (QED) is 0.916. The lowest BCUT2D eigenvalue weighted by Gasteiger charge is -2.44. The average molecular weight is 290 g/mol. The molecule has 2 nitrogen and oxygen atoms in total. The Morgan fingerprint density at radius 1 is 1.00 bits per heavy atom. The molecule has 0 unspecified atom stereocenters. The Morgan fingerprint density at radius 2 is 1.71 bits per heavy atom. The molecule has 1 aliphatic heterocycles. The van der Waals surface area contributed by atoms with Gasteiger partial charge >= 0.3 is 0 Å². The minimum atomic E-state index is -0.181. The van der Waals surface area contributed by atoms with Gasteiger partial charge in [0.1, 0.15) is 5.82 Å². The molecule has 1 saturated heterocycles. The number of piperidine rings is 1. The molecule has 116 valence electrons. The fraction of sp³-hybridized carbons (Fsp3) is 0.667. The predicted octanol–water partition coefficient (Wildman–Crippen LogP) is 3.83. The van der Waals surface area contributed by atoms with Crippen molar-refractivity contribution < 1.29 is 4.39 Å². The van der Waals surface area contributed by atoms with E-state index in [0.717, 1.165) is 12.1 Å². The van der Waals surface area contributed by atoms with Crippen molar-refractivity contribution in [3.8, 4) is 0 Å². The van der Waals surface area contributed by atoms with Gasteiger partial charge in [-0.1, -0.05) is 25.3 Å². The molecule has 2 N–H and O–H groups in total. The van der Waals surface area contributed by atoms with Crippen molar-refractivity contribution in [2.24, 2.45) is 11.1 Å². The molecule has 1 spiro atoms. The molecule has 2 aliphatic rings. The first-order valence-electron chi connectivity index (χ1n) is 8.41. The fourth-order valence-corrected chi connectivity index (χ4v) is 4.17. The average Bonchev–Trinajstić information content (AvgIpc) is 2.52. The smallest absolute Gasteiger partial charge is 0.123 e. The van der Waals surface area contributed by atoms with E-state index in [0.29, 0.717) is 12.0 Å². The lowest BCUT2D eigenvalue weighted by Crippen LogP contribution is -2.40. The summed E-state index contributed by atoms with van der Waals surface area (Å²) in [7, 11) is 0. The molecule has 1 aromatic rings. The molecule has 0 radical (unpaired) electrons. The number of hydrogen-bond acceptors (Lipinski definition) is 2. The molecule has 2 fully saturated rings. The van der Waals surface area contributed by atoms with E-state index < -0.39 is 0 Å². The van der Waals surface area contributed by atoms with E-state index in [1.54, 1.807) is 12.1 Å². The summed E-state index contributed by atoms with van der Waals surface area (Å²) in [6.07, 6.45) is 9.83. The van der Waals surface area contributed by atoms with Gasteiger partial charge < -0.3 is 5.73 Å². The normalized spacial score (nSPS) is 22.6. The Balaban J connectivity index is 1.60. The highest BCUT2D eigenvalue weighted by molar-refractivity contribution is 5.27. The third kappa shape index (κ3) is 3.46. The van der Waals surface area contributed by atoms with Gasteiger partial charge in [0.25, 0.3) is 0 Å². The molecule has 0 bridgehead atoms. The molecule has 3 rings (SSSR count). The molecule has 3 heteroatoms. The summed E-state index contributed by atoms with van der Waals surface area (Å²) in [5.41, 5.74) is 8.54. The van der Waals surface area contributed by atoms with Crippen LogP contribution in [-0.4, -0.2) is 18.0 Å². The van der Waals surface area contributed by atoms with Crippen molar-refractivity contribution in [3.05, 3.63) is 35.1 Å². The van der Waals surface area contributed by atoms with Crippen molar-refractivity contribution in [2.75, 3.05) is 13.1 Å². The Bertz CT molecular complexity index is 470. The van der Waals surface area contributed by atoms with E-state index in [2.05, 4.69) is 4.90 Å². The van der Waals surface area contributed by atoms with E-state index in [1.165, 1.54) is 63.6 Å². The van der Waals surface area contributed by atoms with Gasteiger partial charge in [0.05, 0.1) is 0 Å². The molecule has 1 aromatic carbocycles. The lowest BCUT2D eigenvalue weighted by molar-refractivity contribution is 0.0640. The van der Waals surface area contributed by atoms with E-state index in [4.69, 9.17) is 5.73 Å². The summed E-state index contributed by atoms with van der Waals surface area (Å²) in [5, 5.41) is 0. The molecule has 1 aliphatic carbocycles. The third-order valence-corrected chi connectivity index (χ3v) is 5.61. The predicted molar refractivity (Wildman–Crippen MR) is 84.3 cm³/mol. The van der Waals surface area contributed by atoms with Crippen LogP contribution in [0.2, 0.25) is 0 Å². The number of rotatable bonds is 3. The van der Waals surface area contributed by atoms with Gasteiger partial charge in [0.15, 0.2) is 0 Å². The number of hydrogen-bond donors (Lipinski definition) is 1. The van der Waals surface area contributed by atoms with Gasteiger partial charge in [0.2, 0.25) is 0 Å². The minimum absolute atomic E-state index is 0.181. The second-order valence-corrected chi connectivity index (χ2v) is 6.95. The third-order valence-electron chi connectivity index (χ3n) is 5.61. The first-order valence-corrected chi connectivity index (χ1v) is 8.41. The van der Waals surface area contributed by atoms with Crippen LogP contribution in [0, 0.1) is 11.2 Å². The summed E-state index contributed by atoms with van der Waals surface area (Å²) in [4.78, 5) is 2.52. The molecular formula is C18H27FN2. The van der Waals surface area contributed by atoms with E-state index in [-0.39, 0.29) is 5.82 Å². The fourth-order valence-electron chi connectivity index (χ4n) is 4.17. The van der Waals surface area contributed by atoms with Crippen LogP contribution in [0.1, 0.15) is 56.1 Å². The first-order chi connectivity index (χ1) is 10.2. The number of nitrogens with two attached hydrogens (primary N) is 1. The highest BCUT2D eigenvalue weighted by atomic mass is 19.1. The SMILES string of the molecule is NCc1cc(F)ccc1CN1CCC2(CCCCC2)CC1. The molecule has 1 heterocycles. The van der Waals surface area contributed by atoms with Crippen LogP contribution in [0.25, 0.3) is 0 Å². The zero-order chi connectivity index (χ0) is 14.7. The maximum Gasteiger partial charge on any atom is 0.123 e. The summed E-state index contributed by atoms with van der Waals surface area (Å²) < 4.78 is 13.3. The summed E-state index contributed by atoms with van der Waals surface area (Å²) >= 11 is 0. The van der Waals surface area contributed by atoms with Gasteiger partial charge in [-0.3, -0.25) is 4.90 Å². The van der Waals surface area contributed by atoms with Gasteiger partial charge in [-0.25, -0.2) is 4.39 Å². The Hall–Kier alpha value is -0.930. The second-order valence-electron chi connectivity index (χ2n) is 6.95. The molecule has 21 heavy (non-hydrogen) atoms. The second kappa shape index (κ2) is 6.45. The number of benzene rings is 1. The molecule has 0 aromatic heterocycles. The first kappa shape index (κ1) is 15.0. The van der Waals surface area contributed by atoms with E-state index >= 15 is 0 Å². The van der Waals surface area contributed by atoms with Crippen molar-refractivity contribution in [3.63, 3.8) is 0 Å². The monoisotopic (exact) mass is 290 g/mol. The van der Waals surface area contributed by atoms with Crippen molar-refractivity contribution >= 4 is 0 Å². The van der Waals surface area contributed by atoms with Crippen molar-refractivity contribution in [1.29, 1.82) is 0 Å². The summed E-state index contributed by atoms with van der Waals surface area (Å²) in [6.45, 7) is 3.70. The van der Waals surface area contributed by atoms with Crippen LogP contribution in [0.15, 0.2) is 18.2 Å². The maximum atomic E-state index is 13.3. The minimum Gasteiger partial charge on any atom is -0.326 e. The van der Waals surface area contributed by atoms with Crippen LogP contribution in [0.5, 0.6) is 0 Å². The van der Waals surface area contributed by atoms with Gasteiger partial charge in [-0.2, -0.15) is 0 Å².